The van der Waals surface area contributed by atoms with Crippen molar-refractivity contribution in [1.29, 1.82) is 0 Å². The van der Waals surface area contributed by atoms with E-state index in [4.69, 9.17) is 10.5 Å². The van der Waals surface area contributed by atoms with Gasteiger partial charge in [0.25, 0.3) is 0 Å². The summed E-state index contributed by atoms with van der Waals surface area (Å²) < 4.78 is 7.54. The first-order chi connectivity index (χ1) is 6.18. The van der Waals surface area contributed by atoms with E-state index in [1.807, 2.05) is 12.1 Å². The molecule has 4 heteroatoms. The average Bonchev–Trinajstić information content (AvgIpc) is 2.02. The average molecular weight is 307 g/mol. The van der Waals surface area contributed by atoms with Crippen LogP contribution in [0.2, 0.25) is 0 Å². The Morgan fingerprint density at radius 2 is 2.15 bits per heavy atom. The minimum Gasteiger partial charge on any atom is -0.493 e. The third-order valence-corrected chi connectivity index (χ3v) is 3.23. The van der Waals surface area contributed by atoms with Gasteiger partial charge in [0.15, 0.2) is 0 Å². The van der Waals surface area contributed by atoms with Gasteiger partial charge in [-0.1, -0.05) is 31.9 Å². The molecule has 70 valence electrons. The molecule has 0 aliphatic carbocycles. The van der Waals surface area contributed by atoms with E-state index in [1.165, 1.54) is 0 Å². The Morgan fingerprint density at radius 3 is 2.92 bits per heavy atom. The van der Waals surface area contributed by atoms with Gasteiger partial charge in [0.1, 0.15) is 5.75 Å². The molecule has 1 heterocycles. The Kier molecular flexibility index (Phi) is 2.62. The van der Waals surface area contributed by atoms with Crippen molar-refractivity contribution >= 4 is 31.9 Å². The molecule has 1 aromatic carbocycles. The molecule has 0 fully saturated rings. The van der Waals surface area contributed by atoms with E-state index in [-0.39, 0.29) is 6.04 Å². The van der Waals surface area contributed by atoms with E-state index in [2.05, 4.69) is 31.9 Å². The van der Waals surface area contributed by atoms with Crippen LogP contribution in [0.3, 0.4) is 0 Å². The van der Waals surface area contributed by atoms with Gasteiger partial charge in [-0.25, -0.2) is 0 Å². The van der Waals surface area contributed by atoms with Crippen molar-refractivity contribution in [3.8, 4) is 5.75 Å². The summed E-state index contributed by atoms with van der Waals surface area (Å²) in [5.74, 6) is 0.889. The monoisotopic (exact) mass is 305 g/mol. The Balaban J connectivity index is 2.56. The van der Waals surface area contributed by atoms with Crippen LogP contribution in [-0.2, 0) is 0 Å². The van der Waals surface area contributed by atoms with E-state index in [0.717, 1.165) is 26.7 Å². The molecule has 2 rings (SSSR count). The first kappa shape index (κ1) is 9.49. The minimum absolute atomic E-state index is 0.0891. The highest BCUT2D eigenvalue weighted by molar-refractivity contribution is 9.11. The van der Waals surface area contributed by atoms with Gasteiger partial charge in [0, 0.05) is 27.0 Å². The van der Waals surface area contributed by atoms with Gasteiger partial charge in [-0.15, -0.1) is 0 Å². The molecule has 1 atom stereocenters. The second-order valence-corrected chi connectivity index (χ2v) is 4.81. The zero-order chi connectivity index (χ0) is 9.42. The summed E-state index contributed by atoms with van der Waals surface area (Å²) in [7, 11) is 0. The second kappa shape index (κ2) is 3.59. The zero-order valence-electron chi connectivity index (χ0n) is 6.89. The molecule has 0 spiro atoms. The smallest absolute Gasteiger partial charge is 0.126 e. The predicted octanol–water partition coefficient (Wildman–Crippen LogP) is 2.99. The van der Waals surface area contributed by atoms with Crippen LogP contribution in [0.5, 0.6) is 5.75 Å². The van der Waals surface area contributed by atoms with E-state index in [9.17, 15) is 0 Å². The van der Waals surface area contributed by atoms with Gasteiger partial charge in [0.2, 0.25) is 0 Å². The molecule has 1 aromatic rings. The van der Waals surface area contributed by atoms with Crippen molar-refractivity contribution in [2.24, 2.45) is 5.73 Å². The lowest BCUT2D eigenvalue weighted by Gasteiger charge is -2.24. The predicted molar refractivity (Wildman–Crippen MR) is 58.9 cm³/mol. The van der Waals surface area contributed by atoms with E-state index < -0.39 is 0 Å². The molecular weight excluding hydrogens is 298 g/mol. The molecule has 0 saturated carbocycles. The van der Waals surface area contributed by atoms with Gasteiger partial charge in [0.05, 0.1) is 6.61 Å². The van der Waals surface area contributed by atoms with Gasteiger partial charge in [-0.3, -0.25) is 0 Å². The molecule has 0 bridgehead atoms. The van der Waals surface area contributed by atoms with E-state index >= 15 is 0 Å². The van der Waals surface area contributed by atoms with Gasteiger partial charge in [-0.05, 0) is 12.1 Å². The summed E-state index contributed by atoms with van der Waals surface area (Å²) >= 11 is 6.89. The standard InChI is InChI=1S/C9H9Br2NO/c10-5-3-6(11)9-7(12)1-2-13-8(9)4-5/h3-4,7H,1-2,12H2/t7-/m0/s1. The highest BCUT2D eigenvalue weighted by atomic mass is 79.9. The summed E-state index contributed by atoms with van der Waals surface area (Å²) in [4.78, 5) is 0. The number of halogens is 2. The molecule has 0 radical (unpaired) electrons. The van der Waals surface area contributed by atoms with Crippen molar-refractivity contribution < 1.29 is 4.74 Å². The highest BCUT2D eigenvalue weighted by Gasteiger charge is 2.21. The third kappa shape index (κ3) is 1.75. The lowest BCUT2D eigenvalue weighted by Crippen LogP contribution is -2.21. The maximum Gasteiger partial charge on any atom is 0.126 e. The van der Waals surface area contributed by atoms with Crippen LogP contribution in [0.1, 0.15) is 18.0 Å². The van der Waals surface area contributed by atoms with Crippen LogP contribution in [-0.4, -0.2) is 6.61 Å². The lowest BCUT2D eigenvalue weighted by atomic mass is 10.0. The van der Waals surface area contributed by atoms with Gasteiger partial charge >= 0.3 is 0 Å². The summed E-state index contributed by atoms with van der Waals surface area (Å²) in [6, 6.07) is 4.04. The summed E-state index contributed by atoms with van der Waals surface area (Å²) in [6.07, 6.45) is 0.882. The number of ether oxygens (including phenoxy) is 1. The maximum absolute atomic E-state index is 5.97. The molecule has 13 heavy (non-hydrogen) atoms. The van der Waals surface area contributed by atoms with Crippen molar-refractivity contribution in [3.05, 3.63) is 26.6 Å². The summed E-state index contributed by atoms with van der Waals surface area (Å²) in [6.45, 7) is 0.705. The van der Waals surface area contributed by atoms with Crippen LogP contribution in [0.15, 0.2) is 21.1 Å². The van der Waals surface area contributed by atoms with Crippen molar-refractivity contribution in [1.82, 2.24) is 0 Å². The topological polar surface area (TPSA) is 35.2 Å². The number of hydrogen-bond donors (Lipinski definition) is 1. The number of fused-ring (bicyclic) bond motifs is 1. The molecule has 2 nitrogen and oxygen atoms in total. The fourth-order valence-electron chi connectivity index (χ4n) is 1.48. The Morgan fingerprint density at radius 1 is 1.38 bits per heavy atom. The largest absolute Gasteiger partial charge is 0.493 e. The first-order valence-corrected chi connectivity index (χ1v) is 5.64. The number of hydrogen-bond acceptors (Lipinski definition) is 2. The summed E-state index contributed by atoms with van der Waals surface area (Å²) in [5, 5.41) is 0. The second-order valence-electron chi connectivity index (χ2n) is 3.04. The lowest BCUT2D eigenvalue weighted by molar-refractivity contribution is 0.268. The third-order valence-electron chi connectivity index (χ3n) is 2.11. The normalized spacial score (nSPS) is 20.7. The van der Waals surface area contributed by atoms with Crippen LogP contribution in [0.4, 0.5) is 0 Å². The van der Waals surface area contributed by atoms with Gasteiger partial charge < -0.3 is 10.5 Å². The Labute approximate surface area is 93.7 Å². The van der Waals surface area contributed by atoms with Crippen molar-refractivity contribution in [2.75, 3.05) is 6.61 Å². The van der Waals surface area contributed by atoms with Crippen molar-refractivity contribution in [2.45, 2.75) is 12.5 Å². The molecule has 0 unspecified atom stereocenters. The molecule has 0 amide bonds. The van der Waals surface area contributed by atoms with E-state index in [0.29, 0.717) is 6.61 Å². The van der Waals surface area contributed by atoms with Crippen molar-refractivity contribution in [3.63, 3.8) is 0 Å². The van der Waals surface area contributed by atoms with Crippen LogP contribution in [0, 0.1) is 0 Å². The SMILES string of the molecule is N[C@H]1CCOc2cc(Br)cc(Br)c21. The summed E-state index contributed by atoms with van der Waals surface area (Å²) in [5.41, 5.74) is 7.05. The molecular formula is C9H9Br2NO. The maximum atomic E-state index is 5.97. The molecule has 1 aliphatic heterocycles. The van der Waals surface area contributed by atoms with Crippen LogP contribution >= 0.6 is 31.9 Å². The minimum atomic E-state index is 0.0891. The first-order valence-electron chi connectivity index (χ1n) is 4.06. The number of nitrogens with two attached hydrogens (primary N) is 1. The van der Waals surface area contributed by atoms with E-state index in [1.54, 1.807) is 0 Å². The molecule has 0 saturated heterocycles. The number of benzene rings is 1. The molecule has 2 N–H and O–H groups in total. The molecule has 1 aliphatic rings. The van der Waals surface area contributed by atoms with Gasteiger partial charge in [-0.2, -0.15) is 0 Å². The zero-order valence-corrected chi connectivity index (χ0v) is 10.1. The molecule has 0 aromatic heterocycles. The van der Waals surface area contributed by atoms with Crippen LogP contribution in [0.25, 0.3) is 0 Å². The number of rotatable bonds is 0. The van der Waals surface area contributed by atoms with Crippen LogP contribution < -0.4 is 10.5 Å². The fraction of sp³-hybridized carbons (Fsp3) is 0.333. The quantitative estimate of drug-likeness (QED) is 0.800. The fourth-order valence-corrected chi connectivity index (χ4v) is 2.96. The Bertz CT molecular complexity index is 341. The highest BCUT2D eigenvalue weighted by Crippen LogP contribution is 2.38. The Hall–Kier alpha value is -0.0600.